The zero-order valence-corrected chi connectivity index (χ0v) is 70.8. The fourth-order valence-corrected chi connectivity index (χ4v) is 17.4. The molecule has 0 aliphatic rings. The minimum atomic E-state index is 1.15. The van der Waals surface area contributed by atoms with Crippen LogP contribution in [-0.2, 0) is 25.7 Å². The van der Waals surface area contributed by atoms with Crippen LogP contribution in [0, 0.1) is 41.5 Å². The van der Waals surface area contributed by atoms with Crippen LogP contribution < -0.4 is 9.80 Å². The third-order valence-electron chi connectivity index (χ3n) is 24.0. The summed E-state index contributed by atoms with van der Waals surface area (Å²) in [6, 6.07) is 96.9. The van der Waals surface area contributed by atoms with Gasteiger partial charge in [0.05, 0.1) is 22.1 Å². The minimum Gasteiger partial charge on any atom is -0.310 e. The number of hydrogen-bond acceptors (Lipinski definition) is 2. The van der Waals surface area contributed by atoms with Gasteiger partial charge in [-0.1, -0.05) is 288 Å². The molecular formula is C110H128N4. The van der Waals surface area contributed by atoms with Crippen molar-refractivity contribution in [2.45, 2.75) is 249 Å². The highest BCUT2D eigenvalue weighted by Gasteiger charge is 2.21. The minimum absolute atomic E-state index is 1.15. The first-order valence-electron chi connectivity index (χ1n) is 44.3. The van der Waals surface area contributed by atoms with E-state index >= 15 is 0 Å². The van der Waals surface area contributed by atoms with Crippen LogP contribution in [0.1, 0.15) is 237 Å². The highest BCUT2D eigenvalue weighted by Crippen LogP contribution is 2.43. The summed E-state index contributed by atoms with van der Waals surface area (Å²) in [6.45, 7) is 22.4. The standard InChI is InChI=1S/C56H68N2.C54H60N2/c1-7-9-11-13-15-17-19-47-25-33-51(34-26-47)57(49-29-21-43(3)22-30-49)53-37-39-55(45(5)41-53)56-40-38-54(42-46(56)6)58(50-31-23-44(4)24-32-50)52-35-27-48(28-36-52)20-18-16-14-12-10-8-2;1-5-7-9-11-13-15-17-41-21-33-53-49(37-41)47-35-39(3)19-31-51(47)55(53)45-27-23-43(24-28-45)44-25-29-46(30-26-44)56-52-32-20-40(4)36-48(52)50-38-42(22-34-54(50)56)18-16-14-12-10-8-6-2/h21-42H,7-20H2,1-6H3;19-38H,5-18H2,1-4H3. The third kappa shape index (κ3) is 20.7. The molecule has 0 aliphatic heterocycles. The van der Waals surface area contributed by atoms with E-state index in [1.807, 2.05) is 0 Å². The highest BCUT2D eigenvalue weighted by atomic mass is 15.1. The van der Waals surface area contributed by atoms with Crippen LogP contribution in [0.4, 0.5) is 34.1 Å². The second-order valence-corrected chi connectivity index (χ2v) is 33.3. The number of rotatable bonds is 38. The quantitative estimate of drug-likeness (QED) is 0.0359. The lowest BCUT2D eigenvalue weighted by Crippen LogP contribution is -2.11. The molecule has 4 nitrogen and oxygen atoms in total. The summed E-state index contributed by atoms with van der Waals surface area (Å²) in [5.74, 6) is 0. The molecule has 588 valence electrons. The third-order valence-corrected chi connectivity index (χ3v) is 24.0. The number of anilines is 6. The van der Waals surface area contributed by atoms with Crippen LogP contribution in [0.25, 0.3) is 77.2 Å². The molecule has 0 saturated heterocycles. The number of benzene rings is 12. The van der Waals surface area contributed by atoms with Crippen LogP contribution >= 0.6 is 0 Å². The number of nitrogens with zero attached hydrogens (tertiary/aromatic N) is 4. The highest BCUT2D eigenvalue weighted by molar-refractivity contribution is 6.11. The van der Waals surface area contributed by atoms with Gasteiger partial charge in [-0.25, -0.2) is 0 Å². The molecule has 14 rings (SSSR count). The predicted octanol–water partition coefficient (Wildman–Crippen LogP) is 33.3. The van der Waals surface area contributed by atoms with E-state index in [1.54, 1.807) is 0 Å². The van der Waals surface area contributed by atoms with Crippen LogP contribution in [-0.4, -0.2) is 9.13 Å². The van der Waals surface area contributed by atoms with Gasteiger partial charge in [-0.2, -0.15) is 0 Å². The van der Waals surface area contributed by atoms with Gasteiger partial charge in [0.25, 0.3) is 0 Å². The van der Waals surface area contributed by atoms with E-state index < -0.39 is 0 Å². The number of aromatic nitrogens is 2. The summed E-state index contributed by atoms with van der Waals surface area (Å²) in [4.78, 5) is 4.80. The molecule has 0 atom stereocenters. The molecule has 12 aromatic carbocycles. The maximum absolute atomic E-state index is 2.46. The largest absolute Gasteiger partial charge is 0.310 e. The summed E-state index contributed by atoms with van der Waals surface area (Å²) in [6.07, 6.45) is 36.5. The van der Waals surface area contributed by atoms with Crippen molar-refractivity contribution in [3.63, 3.8) is 0 Å². The molecule has 2 heterocycles. The monoisotopic (exact) mass is 1510 g/mol. The van der Waals surface area contributed by atoms with Gasteiger partial charge in [0.2, 0.25) is 0 Å². The van der Waals surface area contributed by atoms with Crippen molar-refractivity contribution >= 4 is 77.7 Å². The molecule has 14 aromatic rings. The summed E-state index contributed by atoms with van der Waals surface area (Å²) >= 11 is 0. The predicted molar refractivity (Wildman–Crippen MR) is 499 cm³/mol. The van der Waals surface area contributed by atoms with Gasteiger partial charge in [-0.15, -0.1) is 0 Å². The Morgan fingerprint density at radius 1 is 0.211 bits per heavy atom. The van der Waals surface area contributed by atoms with Crippen molar-refractivity contribution in [2.75, 3.05) is 9.80 Å². The second-order valence-electron chi connectivity index (χ2n) is 33.3. The van der Waals surface area contributed by atoms with Gasteiger partial charge < -0.3 is 18.9 Å². The Morgan fingerprint density at radius 3 is 0.781 bits per heavy atom. The smallest absolute Gasteiger partial charge is 0.0541 e. The van der Waals surface area contributed by atoms with Gasteiger partial charge in [-0.3, -0.25) is 0 Å². The molecule has 2 aromatic heterocycles. The van der Waals surface area contributed by atoms with E-state index in [2.05, 4.69) is 343 Å². The Balaban J connectivity index is 0.000000199. The normalized spacial score (nSPS) is 11.5. The molecular weight excluding hydrogens is 1380 g/mol. The topological polar surface area (TPSA) is 16.3 Å². The van der Waals surface area contributed by atoms with E-state index in [1.165, 1.54) is 321 Å². The Labute approximate surface area is 685 Å². The molecule has 0 unspecified atom stereocenters. The zero-order valence-electron chi connectivity index (χ0n) is 70.8. The lowest BCUT2D eigenvalue weighted by Gasteiger charge is -2.28. The summed E-state index contributed by atoms with van der Waals surface area (Å²) in [5, 5.41) is 5.42. The van der Waals surface area contributed by atoms with Gasteiger partial charge in [-0.05, 0) is 294 Å². The van der Waals surface area contributed by atoms with Crippen LogP contribution in [0.3, 0.4) is 0 Å². The Bertz CT molecular complexity index is 5020. The summed E-state index contributed by atoms with van der Waals surface area (Å²) in [5.41, 5.74) is 33.0. The average molecular weight is 1510 g/mol. The van der Waals surface area contributed by atoms with Crippen LogP contribution in [0.15, 0.2) is 255 Å². The molecule has 0 saturated carbocycles. The van der Waals surface area contributed by atoms with E-state index in [9.17, 15) is 0 Å². The SMILES string of the molecule is CCCCCCCCc1ccc(N(c2ccc(C)cc2)c2ccc(-c3ccc(N(c4ccc(C)cc4)c4ccc(CCCCCCCC)cc4)cc3C)c(C)c2)cc1.CCCCCCCCc1ccc2c(c1)c1cc(C)ccc1n2-c1ccc(-c2ccc(-n3c4ccc(C)cc4c4cc(CCCCCCCC)ccc43)cc2)cc1. The molecule has 114 heavy (non-hydrogen) atoms. The lowest BCUT2D eigenvalue weighted by molar-refractivity contribution is 0.607. The van der Waals surface area contributed by atoms with Crippen molar-refractivity contribution in [1.82, 2.24) is 9.13 Å². The lowest BCUT2D eigenvalue weighted by atomic mass is 9.95. The van der Waals surface area contributed by atoms with Crippen LogP contribution in [0.2, 0.25) is 0 Å². The Hall–Kier alpha value is -10.2. The Morgan fingerprint density at radius 2 is 0.465 bits per heavy atom. The van der Waals surface area contributed by atoms with Gasteiger partial charge in [0.1, 0.15) is 0 Å². The van der Waals surface area contributed by atoms with Crippen LogP contribution in [0.5, 0.6) is 0 Å². The first-order valence-corrected chi connectivity index (χ1v) is 44.3. The van der Waals surface area contributed by atoms with Crippen molar-refractivity contribution in [1.29, 1.82) is 0 Å². The van der Waals surface area contributed by atoms with E-state index in [0.717, 1.165) is 25.7 Å². The molecule has 0 fully saturated rings. The molecule has 0 aliphatic carbocycles. The first-order chi connectivity index (χ1) is 55.9. The molecule has 4 heteroatoms. The molecule has 0 N–H and O–H groups in total. The molecule has 0 bridgehead atoms. The number of aryl methyl sites for hydroxylation is 10. The van der Waals surface area contributed by atoms with Gasteiger partial charge in [0, 0.05) is 67.0 Å². The van der Waals surface area contributed by atoms with Crippen molar-refractivity contribution in [2.24, 2.45) is 0 Å². The molecule has 0 radical (unpaired) electrons. The Kier molecular flexibility index (Phi) is 29.2. The van der Waals surface area contributed by atoms with E-state index in [-0.39, 0.29) is 0 Å². The average Bonchev–Trinajstić information content (AvgIpc) is 1.58. The number of fused-ring (bicyclic) bond motifs is 6. The number of hydrogen-bond donors (Lipinski definition) is 0. The fourth-order valence-electron chi connectivity index (χ4n) is 17.4. The summed E-state index contributed by atoms with van der Waals surface area (Å²) < 4.78 is 4.91. The van der Waals surface area contributed by atoms with E-state index in [4.69, 9.17) is 0 Å². The van der Waals surface area contributed by atoms with Crippen molar-refractivity contribution < 1.29 is 0 Å². The maximum Gasteiger partial charge on any atom is 0.0541 e. The van der Waals surface area contributed by atoms with Crippen molar-refractivity contribution in [3.8, 4) is 33.6 Å². The molecule has 0 spiro atoms. The zero-order chi connectivity index (χ0) is 79.1. The second kappa shape index (κ2) is 40.7. The first kappa shape index (κ1) is 81.8. The maximum atomic E-state index is 2.46. The van der Waals surface area contributed by atoms with E-state index in [0.29, 0.717) is 0 Å². The number of unbranched alkanes of at least 4 members (excludes halogenated alkanes) is 20. The van der Waals surface area contributed by atoms with Gasteiger partial charge >= 0.3 is 0 Å². The molecule has 0 amide bonds. The van der Waals surface area contributed by atoms with Crippen molar-refractivity contribution in [3.05, 3.63) is 310 Å². The summed E-state index contributed by atoms with van der Waals surface area (Å²) in [7, 11) is 0. The fraction of sp³-hybridized carbons (Fsp3) is 0.345. The van der Waals surface area contributed by atoms with Gasteiger partial charge in [0.15, 0.2) is 0 Å².